The molecule has 1 fully saturated rings. The van der Waals surface area contributed by atoms with Gasteiger partial charge in [-0.3, -0.25) is 19.3 Å². The molecule has 2 rings (SSSR count). The second-order valence-corrected chi connectivity index (χ2v) is 6.61. The van der Waals surface area contributed by atoms with E-state index in [2.05, 4.69) is 5.32 Å². The van der Waals surface area contributed by atoms with E-state index < -0.39 is 0 Å². The molecule has 1 N–H and O–H groups in total. The van der Waals surface area contributed by atoms with E-state index in [1.807, 2.05) is 0 Å². The third-order valence-electron chi connectivity index (χ3n) is 2.99. The highest BCUT2D eigenvalue weighted by atomic mass is 32.2. The highest BCUT2D eigenvalue weighted by molar-refractivity contribution is 8.24. The van der Waals surface area contributed by atoms with Gasteiger partial charge in [0.05, 0.1) is 5.25 Å². The number of carbonyl (C=O) groups excluding carboxylic acids is 3. The lowest BCUT2D eigenvalue weighted by Gasteiger charge is -2.14. The number of carbonyl (C=O) groups is 3. The number of ketones is 1. The van der Waals surface area contributed by atoms with Crippen LogP contribution in [0.25, 0.3) is 0 Å². The number of hydrogen-bond donors (Lipinski definition) is 1. The van der Waals surface area contributed by atoms with Crippen LogP contribution in [0.1, 0.15) is 24.2 Å². The summed E-state index contributed by atoms with van der Waals surface area (Å²) in [5.74, 6) is -0.505. The van der Waals surface area contributed by atoms with Crippen LogP contribution in [0.4, 0.5) is 5.69 Å². The largest absolute Gasteiger partial charge is 0.325 e. The molecule has 7 heteroatoms. The van der Waals surface area contributed by atoms with Crippen LogP contribution in [0.3, 0.4) is 0 Å². The highest BCUT2D eigenvalue weighted by Gasteiger charge is 2.34. The van der Waals surface area contributed by atoms with E-state index in [-0.39, 0.29) is 29.4 Å². The monoisotopic (exact) mass is 322 g/mol. The van der Waals surface area contributed by atoms with Crippen LogP contribution in [0.2, 0.25) is 0 Å². The maximum Gasteiger partial charge on any atom is 0.244 e. The van der Waals surface area contributed by atoms with Crippen molar-refractivity contribution in [2.75, 3.05) is 11.9 Å². The minimum atomic E-state index is -0.323. The number of thiocarbonyl (C=S) groups is 1. The second kappa shape index (κ2) is 6.36. The number of hydrogen-bond acceptors (Lipinski definition) is 5. The summed E-state index contributed by atoms with van der Waals surface area (Å²) < 4.78 is 0.426. The van der Waals surface area contributed by atoms with Crippen LogP contribution in [0.15, 0.2) is 24.3 Å². The number of benzene rings is 1. The number of Topliss-reactive ketones (excluding diaryl/α,β-unsaturated/α-hetero) is 1. The van der Waals surface area contributed by atoms with Gasteiger partial charge < -0.3 is 5.32 Å². The minimum absolute atomic E-state index is 0.0353. The number of amides is 2. The summed E-state index contributed by atoms with van der Waals surface area (Å²) in [5, 5.41) is 2.44. The molecule has 2 amide bonds. The molecule has 5 nitrogen and oxygen atoms in total. The van der Waals surface area contributed by atoms with Crippen molar-refractivity contribution < 1.29 is 14.4 Å². The van der Waals surface area contributed by atoms with Gasteiger partial charge in [-0.15, -0.1) is 0 Å². The summed E-state index contributed by atoms with van der Waals surface area (Å²) in [6.07, 6.45) is 0. The van der Waals surface area contributed by atoms with Gasteiger partial charge in [0.2, 0.25) is 11.8 Å². The molecule has 1 aromatic rings. The lowest BCUT2D eigenvalue weighted by atomic mass is 10.1. The van der Waals surface area contributed by atoms with Crippen molar-refractivity contribution in [3.8, 4) is 0 Å². The van der Waals surface area contributed by atoms with E-state index in [0.717, 1.165) is 0 Å². The lowest BCUT2D eigenvalue weighted by Crippen LogP contribution is -2.37. The SMILES string of the molecule is CC(=O)c1ccc(NC(=O)CN2C(=O)C(C)SC2=S)cc1. The van der Waals surface area contributed by atoms with Gasteiger partial charge in [0, 0.05) is 11.3 Å². The van der Waals surface area contributed by atoms with E-state index in [0.29, 0.717) is 15.6 Å². The first-order valence-corrected chi connectivity index (χ1v) is 7.60. The molecule has 1 heterocycles. The molecule has 1 saturated heterocycles. The van der Waals surface area contributed by atoms with Crippen molar-refractivity contribution in [3.63, 3.8) is 0 Å². The summed E-state index contributed by atoms with van der Waals surface area (Å²) in [6.45, 7) is 3.15. The summed E-state index contributed by atoms with van der Waals surface area (Å²) in [5.41, 5.74) is 1.15. The third kappa shape index (κ3) is 3.68. The molecule has 0 spiro atoms. The predicted octanol–water partition coefficient (Wildman–Crippen LogP) is 2.08. The highest BCUT2D eigenvalue weighted by Crippen LogP contribution is 2.26. The molecule has 1 atom stereocenters. The Morgan fingerprint density at radius 3 is 2.43 bits per heavy atom. The quantitative estimate of drug-likeness (QED) is 0.679. The van der Waals surface area contributed by atoms with Crippen LogP contribution in [0.5, 0.6) is 0 Å². The van der Waals surface area contributed by atoms with Gasteiger partial charge in [-0.25, -0.2) is 0 Å². The van der Waals surface area contributed by atoms with Crippen molar-refractivity contribution in [3.05, 3.63) is 29.8 Å². The average Bonchev–Trinajstić information content (AvgIpc) is 2.66. The molecule has 21 heavy (non-hydrogen) atoms. The molecule has 0 bridgehead atoms. The molecule has 1 aromatic carbocycles. The first-order valence-electron chi connectivity index (χ1n) is 6.31. The van der Waals surface area contributed by atoms with Crippen LogP contribution in [-0.2, 0) is 9.59 Å². The van der Waals surface area contributed by atoms with Crippen LogP contribution in [0, 0.1) is 0 Å². The molecule has 1 unspecified atom stereocenters. The van der Waals surface area contributed by atoms with Crippen molar-refractivity contribution >= 4 is 51.6 Å². The smallest absolute Gasteiger partial charge is 0.244 e. The van der Waals surface area contributed by atoms with Crippen molar-refractivity contribution in [1.82, 2.24) is 4.90 Å². The van der Waals surface area contributed by atoms with Crippen molar-refractivity contribution in [2.45, 2.75) is 19.1 Å². The number of rotatable bonds is 4. The summed E-state index contributed by atoms with van der Waals surface area (Å²) in [4.78, 5) is 36.2. The van der Waals surface area contributed by atoms with Gasteiger partial charge in [-0.05, 0) is 38.1 Å². The first kappa shape index (κ1) is 15.7. The van der Waals surface area contributed by atoms with E-state index in [1.54, 1.807) is 31.2 Å². The van der Waals surface area contributed by atoms with Gasteiger partial charge in [0.15, 0.2) is 5.78 Å². The Kier molecular flexibility index (Phi) is 4.74. The molecule has 0 saturated carbocycles. The fraction of sp³-hybridized carbons (Fsp3) is 0.286. The van der Waals surface area contributed by atoms with E-state index >= 15 is 0 Å². The molecule has 110 valence electrons. The summed E-state index contributed by atoms with van der Waals surface area (Å²) in [6, 6.07) is 6.58. The van der Waals surface area contributed by atoms with Crippen molar-refractivity contribution in [1.29, 1.82) is 0 Å². The zero-order chi connectivity index (χ0) is 15.6. The van der Waals surface area contributed by atoms with E-state index in [9.17, 15) is 14.4 Å². The Morgan fingerprint density at radius 2 is 1.95 bits per heavy atom. The predicted molar refractivity (Wildman–Crippen MR) is 86.4 cm³/mol. The Balaban J connectivity index is 1.97. The summed E-state index contributed by atoms with van der Waals surface area (Å²) in [7, 11) is 0. The topological polar surface area (TPSA) is 66.5 Å². The maximum absolute atomic E-state index is 11.9. The number of nitrogens with zero attached hydrogens (tertiary/aromatic N) is 1. The number of thioether (sulfide) groups is 1. The third-order valence-corrected chi connectivity index (χ3v) is 4.47. The zero-order valence-corrected chi connectivity index (χ0v) is 13.2. The second-order valence-electron chi connectivity index (χ2n) is 4.63. The summed E-state index contributed by atoms with van der Waals surface area (Å²) >= 11 is 6.35. The first-order chi connectivity index (χ1) is 9.88. The van der Waals surface area contributed by atoms with Gasteiger partial charge in [-0.2, -0.15) is 0 Å². The van der Waals surface area contributed by atoms with Crippen LogP contribution >= 0.6 is 24.0 Å². The Labute approximate surface area is 132 Å². The molecule has 0 radical (unpaired) electrons. The Hall–Kier alpha value is -1.73. The maximum atomic E-state index is 11.9. The average molecular weight is 322 g/mol. The number of nitrogens with one attached hydrogen (secondary N) is 1. The van der Waals surface area contributed by atoms with Gasteiger partial charge in [-0.1, -0.05) is 24.0 Å². The lowest BCUT2D eigenvalue weighted by molar-refractivity contribution is -0.129. The fourth-order valence-electron chi connectivity index (χ4n) is 1.85. The van der Waals surface area contributed by atoms with Gasteiger partial charge in [0.25, 0.3) is 0 Å². The van der Waals surface area contributed by atoms with Crippen LogP contribution in [-0.4, -0.2) is 38.6 Å². The van der Waals surface area contributed by atoms with Crippen LogP contribution < -0.4 is 5.32 Å². The molecule has 1 aliphatic rings. The van der Waals surface area contributed by atoms with Gasteiger partial charge in [0.1, 0.15) is 10.9 Å². The standard InChI is InChI=1S/C14H14N2O3S2/c1-8(17)10-3-5-11(6-4-10)15-12(18)7-16-13(19)9(2)21-14(16)20/h3-6,9H,7H2,1-2H3,(H,15,18). The Bertz CT molecular complexity index is 613. The minimum Gasteiger partial charge on any atom is -0.325 e. The molecular weight excluding hydrogens is 308 g/mol. The van der Waals surface area contributed by atoms with E-state index in [4.69, 9.17) is 12.2 Å². The normalized spacial score (nSPS) is 18.0. The molecule has 0 aromatic heterocycles. The number of anilines is 1. The van der Waals surface area contributed by atoms with Crippen molar-refractivity contribution in [2.24, 2.45) is 0 Å². The van der Waals surface area contributed by atoms with Gasteiger partial charge >= 0.3 is 0 Å². The van der Waals surface area contributed by atoms with E-state index in [1.165, 1.54) is 23.6 Å². The molecule has 0 aliphatic carbocycles. The Morgan fingerprint density at radius 1 is 1.33 bits per heavy atom. The molecular formula is C14H14N2O3S2. The molecule has 1 aliphatic heterocycles. The fourth-order valence-corrected chi connectivity index (χ4v) is 3.25. The zero-order valence-electron chi connectivity index (χ0n) is 11.6.